The zero-order valence-corrected chi connectivity index (χ0v) is 12.5. The maximum Gasteiger partial charge on any atom is 0.128 e. The lowest BCUT2D eigenvalue weighted by Gasteiger charge is -2.14. The summed E-state index contributed by atoms with van der Waals surface area (Å²) in [4.78, 5) is 8.44. The zero-order valence-electron chi connectivity index (χ0n) is 11.7. The van der Waals surface area contributed by atoms with Crippen LogP contribution < -0.4 is 5.32 Å². The minimum atomic E-state index is 0.642. The molecule has 0 saturated heterocycles. The molecule has 3 rings (SSSR count). The molecular formula is C15H16ClN5. The summed E-state index contributed by atoms with van der Waals surface area (Å²) in [6, 6.07) is 5.80. The van der Waals surface area contributed by atoms with Crippen LogP contribution in [0.5, 0.6) is 0 Å². The highest BCUT2D eigenvalue weighted by Crippen LogP contribution is 2.28. The van der Waals surface area contributed by atoms with Gasteiger partial charge in [-0.15, -0.1) is 0 Å². The Morgan fingerprint density at radius 3 is 2.90 bits per heavy atom. The van der Waals surface area contributed by atoms with Gasteiger partial charge in [-0.05, 0) is 19.1 Å². The predicted molar refractivity (Wildman–Crippen MR) is 83.8 cm³/mol. The second-order valence-electron chi connectivity index (χ2n) is 4.59. The summed E-state index contributed by atoms with van der Waals surface area (Å²) < 4.78 is 4.01. The first-order valence-corrected chi connectivity index (χ1v) is 7.18. The van der Waals surface area contributed by atoms with Gasteiger partial charge in [0.05, 0.1) is 29.3 Å². The van der Waals surface area contributed by atoms with Gasteiger partial charge in [-0.2, -0.15) is 0 Å². The predicted octanol–water partition coefficient (Wildman–Crippen LogP) is 3.35. The van der Waals surface area contributed by atoms with Gasteiger partial charge in [0, 0.05) is 31.3 Å². The fourth-order valence-electron chi connectivity index (χ4n) is 2.28. The molecule has 6 heteroatoms. The molecule has 1 N–H and O–H groups in total. The molecule has 5 nitrogen and oxygen atoms in total. The second kappa shape index (κ2) is 6.01. The molecule has 0 aliphatic rings. The lowest BCUT2D eigenvalue weighted by atomic mass is 10.2. The van der Waals surface area contributed by atoms with Crippen LogP contribution in [0, 0.1) is 0 Å². The van der Waals surface area contributed by atoms with Gasteiger partial charge in [0.2, 0.25) is 0 Å². The summed E-state index contributed by atoms with van der Waals surface area (Å²) in [5.41, 5.74) is 1.84. The SMILES string of the molecule is CCn1ccnc1CNc1cccc(Cl)c1-n1ccnc1. The Labute approximate surface area is 128 Å². The normalized spacial score (nSPS) is 10.8. The molecule has 3 aromatic rings. The first-order chi connectivity index (χ1) is 10.3. The molecule has 2 aromatic heterocycles. The van der Waals surface area contributed by atoms with Crippen LogP contribution in [0.15, 0.2) is 49.3 Å². The number of aromatic nitrogens is 4. The quantitative estimate of drug-likeness (QED) is 0.786. The maximum absolute atomic E-state index is 6.33. The molecule has 0 bridgehead atoms. The largest absolute Gasteiger partial charge is 0.376 e. The lowest BCUT2D eigenvalue weighted by Crippen LogP contribution is -2.09. The van der Waals surface area contributed by atoms with E-state index in [1.807, 2.05) is 41.4 Å². The van der Waals surface area contributed by atoms with Crippen LogP contribution in [0.25, 0.3) is 5.69 Å². The summed E-state index contributed by atoms with van der Waals surface area (Å²) in [6.45, 7) is 3.64. The van der Waals surface area contributed by atoms with Crippen LogP contribution in [-0.4, -0.2) is 19.1 Å². The number of halogens is 1. The first kappa shape index (κ1) is 13.7. The number of nitrogens with zero attached hydrogens (tertiary/aromatic N) is 4. The van der Waals surface area contributed by atoms with Crippen LogP contribution in [0.1, 0.15) is 12.7 Å². The molecule has 0 atom stereocenters. The second-order valence-corrected chi connectivity index (χ2v) is 5.00. The van der Waals surface area contributed by atoms with E-state index < -0.39 is 0 Å². The summed E-state index contributed by atoms with van der Waals surface area (Å²) in [7, 11) is 0. The molecule has 0 unspecified atom stereocenters. The highest BCUT2D eigenvalue weighted by atomic mass is 35.5. The Morgan fingerprint density at radius 2 is 2.14 bits per heavy atom. The van der Waals surface area contributed by atoms with Gasteiger partial charge < -0.3 is 14.5 Å². The van der Waals surface area contributed by atoms with E-state index in [1.165, 1.54) is 0 Å². The molecule has 0 aliphatic heterocycles. The number of hydrogen-bond acceptors (Lipinski definition) is 3. The van der Waals surface area contributed by atoms with Gasteiger partial charge in [0.15, 0.2) is 0 Å². The van der Waals surface area contributed by atoms with E-state index in [-0.39, 0.29) is 0 Å². The summed E-state index contributed by atoms with van der Waals surface area (Å²) in [5.74, 6) is 0.994. The van der Waals surface area contributed by atoms with E-state index in [0.29, 0.717) is 11.6 Å². The fraction of sp³-hybridized carbons (Fsp3) is 0.200. The molecule has 0 radical (unpaired) electrons. The van der Waals surface area contributed by atoms with Gasteiger partial charge in [0.1, 0.15) is 5.82 Å². The molecule has 0 fully saturated rings. The number of para-hydroxylation sites is 1. The van der Waals surface area contributed by atoms with Crippen molar-refractivity contribution in [2.24, 2.45) is 0 Å². The summed E-state index contributed by atoms with van der Waals surface area (Å²) in [6.07, 6.45) is 9.14. The fourth-order valence-corrected chi connectivity index (χ4v) is 2.55. The van der Waals surface area contributed by atoms with Crippen molar-refractivity contribution < 1.29 is 0 Å². The smallest absolute Gasteiger partial charge is 0.128 e. The maximum atomic E-state index is 6.33. The highest BCUT2D eigenvalue weighted by molar-refractivity contribution is 6.33. The van der Waals surface area contributed by atoms with E-state index in [2.05, 4.69) is 26.8 Å². The molecule has 0 amide bonds. The minimum Gasteiger partial charge on any atom is -0.376 e. The van der Waals surface area contributed by atoms with Crippen LogP contribution in [0.4, 0.5) is 5.69 Å². The van der Waals surface area contributed by atoms with Crippen molar-refractivity contribution in [3.63, 3.8) is 0 Å². The Hall–Kier alpha value is -2.27. The highest BCUT2D eigenvalue weighted by Gasteiger charge is 2.09. The Balaban J connectivity index is 1.88. The molecule has 108 valence electrons. The monoisotopic (exact) mass is 301 g/mol. The first-order valence-electron chi connectivity index (χ1n) is 6.80. The number of imidazole rings is 2. The average molecular weight is 302 g/mol. The Bertz CT molecular complexity index is 718. The Kier molecular flexibility index (Phi) is 3.92. The van der Waals surface area contributed by atoms with E-state index >= 15 is 0 Å². The summed E-state index contributed by atoms with van der Waals surface area (Å²) >= 11 is 6.33. The third-order valence-electron chi connectivity index (χ3n) is 3.33. The molecule has 0 spiro atoms. The molecule has 21 heavy (non-hydrogen) atoms. The van der Waals surface area contributed by atoms with Gasteiger partial charge >= 0.3 is 0 Å². The third-order valence-corrected chi connectivity index (χ3v) is 3.63. The molecule has 0 aliphatic carbocycles. The molecular weight excluding hydrogens is 286 g/mol. The van der Waals surface area contributed by atoms with Gasteiger partial charge in [0.25, 0.3) is 0 Å². The number of aryl methyl sites for hydroxylation is 1. The van der Waals surface area contributed by atoms with Crippen LogP contribution in [0.3, 0.4) is 0 Å². The number of rotatable bonds is 5. The molecule has 2 heterocycles. The van der Waals surface area contributed by atoms with Crippen molar-refractivity contribution in [1.29, 1.82) is 0 Å². The number of hydrogen-bond donors (Lipinski definition) is 1. The van der Waals surface area contributed by atoms with Gasteiger partial charge in [-0.25, -0.2) is 9.97 Å². The van der Waals surface area contributed by atoms with Gasteiger partial charge in [-0.3, -0.25) is 0 Å². The van der Waals surface area contributed by atoms with Crippen molar-refractivity contribution in [1.82, 2.24) is 19.1 Å². The molecule has 0 saturated carbocycles. The number of benzene rings is 1. The Morgan fingerprint density at radius 1 is 1.24 bits per heavy atom. The number of nitrogens with one attached hydrogen (secondary N) is 1. The lowest BCUT2D eigenvalue weighted by molar-refractivity contribution is 0.708. The third kappa shape index (κ3) is 2.78. The topological polar surface area (TPSA) is 47.7 Å². The van der Waals surface area contributed by atoms with Crippen LogP contribution in [-0.2, 0) is 13.1 Å². The van der Waals surface area contributed by atoms with Crippen molar-refractivity contribution in [3.8, 4) is 5.69 Å². The van der Waals surface area contributed by atoms with Crippen molar-refractivity contribution in [2.45, 2.75) is 20.0 Å². The molecule has 1 aromatic carbocycles. The standard InChI is InChI=1S/C15H16ClN5/c1-2-20-9-7-18-14(20)10-19-13-5-3-4-12(16)15(13)21-8-6-17-11-21/h3-9,11,19H,2,10H2,1H3. The zero-order chi connectivity index (χ0) is 14.7. The van der Waals surface area contributed by atoms with Crippen molar-refractivity contribution >= 4 is 17.3 Å². The minimum absolute atomic E-state index is 0.642. The van der Waals surface area contributed by atoms with E-state index in [1.54, 1.807) is 12.5 Å². The van der Waals surface area contributed by atoms with E-state index in [4.69, 9.17) is 11.6 Å². The van der Waals surface area contributed by atoms with Crippen molar-refractivity contribution in [3.05, 3.63) is 60.2 Å². The number of anilines is 1. The van der Waals surface area contributed by atoms with Crippen LogP contribution in [0.2, 0.25) is 5.02 Å². The van der Waals surface area contributed by atoms with Gasteiger partial charge in [-0.1, -0.05) is 17.7 Å². The van der Waals surface area contributed by atoms with E-state index in [0.717, 1.165) is 23.7 Å². The van der Waals surface area contributed by atoms with Crippen LogP contribution >= 0.6 is 11.6 Å². The average Bonchev–Trinajstić information content (AvgIpc) is 3.16. The summed E-state index contributed by atoms with van der Waals surface area (Å²) in [5, 5.41) is 4.08. The van der Waals surface area contributed by atoms with E-state index in [9.17, 15) is 0 Å². The van der Waals surface area contributed by atoms with Crippen molar-refractivity contribution in [2.75, 3.05) is 5.32 Å².